The summed E-state index contributed by atoms with van der Waals surface area (Å²) in [6.45, 7) is 0. The van der Waals surface area contributed by atoms with Gasteiger partial charge < -0.3 is 10.2 Å². The van der Waals surface area contributed by atoms with Crippen molar-refractivity contribution in [1.29, 1.82) is 0 Å². The molecule has 0 aliphatic carbocycles. The summed E-state index contributed by atoms with van der Waals surface area (Å²) < 4.78 is 0. The average Bonchev–Trinajstić information content (AvgIpc) is 2.53. The zero-order chi connectivity index (χ0) is 16.1. The molecule has 0 saturated carbocycles. The molecule has 0 saturated heterocycles. The molecule has 114 valence electrons. The van der Waals surface area contributed by atoms with Gasteiger partial charge in [0.15, 0.2) is 6.04 Å². The van der Waals surface area contributed by atoms with Crippen LogP contribution < -0.4 is 0 Å². The van der Waals surface area contributed by atoms with Gasteiger partial charge in [0.05, 0.1) is 0 Å². The average molecular weight is 301 g/mol. The number of hydrogen-bond acceptors (Lipinski definition) is 4. The van der Waals surface area contributed by atoms with Gasteiger partial charge in [0.1, 0.15) is 5.75 Å². The Balaban J connectivity index is 2.18. The van der Waals surface area contributed by atoms with Crippen molar-refractivity contribution >= 4 is 11.9 Å². The molecule has 6 heteroatoms. The van der Waals surface area contributed by atoms with Crippen LogP contribution in [0.5, 0.6) is 5.75 Å². The highest BCUT2D eigenvalue weighted by atomic mass is 16.5. The molecule has 0 aliphatic rings. The third-order valence-electron chi connectivity index (χ3n) is 3.17. The first kappa shape index (κ1) is 15.5. The van der Waals surface area contributed by atoms with E-state index in [9.17, 15) is 25.0 Å². The molecule has 0 heterocycles. The zero-order valence-electron chi connectivity index (χ0n) is 11.6. The minimum atomic E-state index is -1.42. The van der Waals surface area contributed by atoms with Crippen LogP contribution in [0.25, 0.3) is 0 Å². The molecular weight excluding hydrogens is 286 g/mol. The van der Waals surface area contributed by atoms with Crippen LogP contribution >= 0.6 is 0 Å². The SMILES string of the molecule is O=C(O)C(Cc1ccc(O)cc1)N(O)C(=O)c1ccccc1. The Morgan fingerprint density at radius 3 is 2.14 bits per heavy atom. The fourth-order valence-corrected chi connectivity index (χ4v) is 1.99. The van der Waals surface area contributed by atoms with E-state index in [1.54, 1.807) is 18.2 Å². The van der Waals surface area contributed by atoms with Crippen molar-refractivity contribution in [3.05, 3.63) is 65.7 Å². The predicted molar refractivity (Wildman–Crippen MR) is 77.6 cm³/mol. The van der Waals surface area contributed by atoms with Crippen molar-refractivity contribution in [1.82, 2.24) is 5.06 Å². The molecule has 0 spiro atoms. The summed E-state index contributed by atoms with van der Waals surface area (Å²) in [4.78, 5) is 23.5. The van der Waals surface area contributed by atoms with E-state index < -0.39 is 17.9 Å². The highest BCUT2D eigenvalue weighted by Crippen LogP contribution is 2.15. The van der Waals surface area contributed by atoms with Gasteiger partial charge in [-0.3, -0.25) is 10.0 Å². The predicted octanol–water partition coefficient (Wildman–Crippen LogP) is 1.92. The van der Waals surface area contributed by atoms with Gasteiger partial charge in [-0.1, -0.05) is 30.3 Å². The molecule has 0 bridgehead atoms. The van der Waals surface area contributed by atoms with Crippen molar-refractivity contribution in [3.8, 4) is 5.75 Å². The van der Waals surface area contributed by atoms with E-state index in [0.717, 1.165) is 0 Å². The Morgan fingerprint density at radius 1 is 1.00 bits per heavy atom. The quantitative estimate of drug-likeness (QED) is 0.579. The maximum atomic E-state index is 12.1. The third-order valence-corrected chi connectivity index (χ3v) is 3.17. The number of carboxylic acid groups (broad SMARTS) is 1. The lowest BCUT2D eigenvalue weighted by Crippen LogP contribution is -2.44. The summed E-state index contributed by atoms with van der Waals surface area (Å²) in [6, 6.07) is 12.4. The maximum absolute atomic E-state index is 12.1. The Morgan fingerprint density at radius 2 is 1.59 bits per heavy atom. The van der Waals surface area contributed by atoms with Gasteiger partial charge in [0, 0.05) is 12.0 Å². The van der Waals surface area contributed by atoms with Crippen LogP contribution in [-0.4, -0.2) is 38.4 Å². The maximum Gasteiger partial charge on any atom is 0.329 e. The fraction of sp³-hybridized carbons (Fsp3) is 0.125. The topological polar surface area (TPSA) is 98.1 Å². The van der Waals surface area contributed by atoms with Gasteiger partial charge in [-0.2, -0.15) is 0 Å². The number of carboxylic acids is 1. The number of aromatic hydroxyl groups is 1. The minimum Gasteiger partial charge on any atom is -0.508 e. The summed E-state index contributed by atoms with van der Waals surface area (Å²) in [6.07, 6.45) is -0.0787. The van der Waals surface area contributed by atoms with Crippen LogP contribution in [-0.2, 0) is 11.2 Å². The molecule has 3 N–H and O–H groups in total. The lowest BCUT2D eigenvalue weighted by molar-refractivity contribution is -0.157. The zero-order valence-corrected chi connectivity index (χ0v) is 11.6. The molecule has 22 heavy (non-hydrogen) atoms. The Labute approximate surface area is 126 Å². The molecule has 1 amide bonds. The van der Waals surface area contributed by atoms with Crippen molar-refractivity contribution in [2.45, 2.75) is 12.5 Å². The molecule has 0 aromatic heterocycles. The van der Waals surface area contributed by atoms with E-state index in [1.807, 2.05) is 0 Å². The number of phenolic OH excluding ortho intramolecular Hbond substituents is 1. The van der Waals surface area contributed by atoms with E-state index in [1.165, 1.54) is 36.4 Å². The summed E-state index contributed by atoms with van der Waals surface area (Å²) in [5.41, 5.74) is 0.770. The van der Waals surface area contributed by atoms with Crippen molar-refractivity contribution in [3.63, 3.8) is 0 Å². The number of aliphatic carboxylic acids is 1. The van der Waals surface area contributed by atoms with Gasteiger partial charge in [-0.25, -0.2) is 9.86 Å². The van der Waals surface area contributed by atoms with Crippen LogP contribution in [0.2, 0.25) is 0 Å². The number of phenols is 1. The number of nitrogens with zero attached hydrogens (tertiary/aromatic N) is 1. The third kappa shape index (κ3) is 3.62. The van der Waals surface area contributed by atoms with E-state index in [2.05, 4.69) is 0 Å². The first-order valence-electron chi connectivity index (χ1n) is 6.57. The summed E-state index contributed by atoms with van der Waals surface area (Å²) in [7, 11) is 0. The standard InChI is InChI=1S/C16H15NO5/c18-13-8-6-11(7-9-13)10-14(16(20)21)17(22)15(19)12-4-2-1-3-5-12/h1-9,14,18,22H,10H2,(H,20,21). The summed E-state index contributed by atoms with van der Waals surface area (Å²) in [5, 5.41) is 28.7. The first-order chi connectivity index (χ1) is 10.5. The number of hydroxylamine groups is 2. The van der Waals surface area contributed by atoms with Crippen LogP contribution in [0, 0.1) is 0 Å². The molecule has 0 fully saturated rings. The highest BCUT2D eigenvalue weighted by molar-refractivity contribution is 5.95. The van der Waals surface area contributed by atoms with Gasteiger partial charge in [0.25, 0.3) is 5.91 Å². The first-order valence-corrected chi connectivity index (χ1v) is 6.57. The normalized spacial score (nSPS) is 11.7. The molecule has 2 rings (SSSR count). The van der Waals surface area contributed by atoms with E-state index in [-0.39, 0.29) is 22.8 Å². The number of carbonyl (C=O) groups is 2. The van der Waals surface area contributed by atoms with Crippen LogP contribution in [0.1, 0.15) is 15.9 Å². The molecule has 0 aliphatic heterocycles. The summed E-state index contributed by atoms with van der Waals surface area (Å²) >= 11 is 0. The van der Waals surface area contributed by atoms with E-state index in [0.29, 0.717) is 5.56 Å². The van der Waals surface area contributed by atoms with Gasteiger partial charge in [-0.05, 0) is 29.8 Å². The Kier molecular flexibility index (Phi) is 4.75. The molecule has 0 radical (unpaired) electrons. The molecule has 1 atom stereocenters. The molecule has 1 unspecified atom stereocenters. The largest absolute Gasteiger partial charge is 0.508 e. The number of benzene rings is 2. The van der Waals surface area contributed by atoms with Gasteiger partial charge in [0.2, 0.25) is 0 Å². The smallest absolute Gasteiger partial charge is 0.329 e. The molecule has 6 nitrogen and oxygen atoms in total. The summed E-state index contributed by atoms with van der Waals surface area (Å²) in [5.74, 6) is -2.05. The van der Waals surface area contributed by atoms with Gasteiger partial charge >= 0.3 is 5.97 Å². The second-order valence-corrected chi connectivity index (χ2v) is 4.74. The second-order valence-electron chi connectivity index (χ2n) is 4.74. The number of amides is 1. The van der Waals surface area contributed by atoms with Crippen LogP contribution in [0.3, 0.4) is 0 Å². The lowest BCUT2D eigenvalue weighted by atomic mass is 10.0. The van der Waals surface area contributed by atoms with Crippen molar-refractivity contribution in [2.24, 2.45) is 0 Å². The van der Waals surface area contributed by atoms with E-state index >= 15 is 0 Å². The molecular formula is C16H15NO5. The minimum absolute atomic E-state index is 0.0526. The Hall–Kier alpha value is -2.86. The highest BCUT2D eigenvalue weighted by Gasteiger charge is 2.29. The van der Waals surface area contributed by atoms with Crippen LogP contribution in [0.4, 0.5) is 0 Å². The monoisotopic (exact) mass is 301 g/mol. The van der Waals surface area contributed by atoms with Gasteiger partial charge in [-0.15, -0.1) is 0 Å². The lowest BCUT2D eigenvalue weighted by Gasteiger charge is -2.22. The van der Waals surface area contributed by atoms with Crippen molar-refractivity contribution in [2.75, 3.05) is 0 Å². The van der Waals surface area contributed by atoms with Crippen molar-refractivity contribution < 1.29 is 25.0 Å². The number of hydrogen-bond donors (Lipinski definition) is 3. The molecule has 2 aromatic carbocycles. The number of rotatable bonds is 5. The fourth-order valence-electron chi connectivity index (χ4n) is 1.99. The van der Waals surface area contributed by atoms with E-state index in [4.69, 9.17) is 0 Å². The van der Waals surface area contributed by atoms with Crippen LogP contribution in [0.15, 0.2) is 54.6 Å². The number of carbonyl (C=O) groups excluding carboxylic acids is 1. The molecule has 2 aromatic rings. The Bertz CT molecular complexity index is 654. The second kappa shape index (κ2) is 6.73.